The molecule has 0 rings (SSSR count). The minimum absolute atomic E-state index is 0.0270. The summed E-state index contributed by atoms with van der Waals surface area (Å²) in [6, 6.07) is -0.257. The number of hydrogen-bond donors (Lipinski definition) is 3. The summed E-state index contributed by atoms with van der Waals surface area (Å²) in [5.41, 5.74) is 0.0876. The van der Waals surface area contributed by atoms with E-state index >= 15 is 0 Å². The maximum absolute atomic E-state index is 11.7. The molecule has 3 N–H and O–H groups in total. The third-order valence-corrected chi connectivity index (χ3v) is 2.77. The lowest BCUT2D eigenvalue weighted by molar-refractivity contribution is 0.188. The summed E-state index contributed by atoms with van der Waals surface area (Å²) in [5, 5.41) is 14.9. The highest BCUT2D eigenvalue weighted by Gasteiger charge is 2.20. The molecule has 0 spiro atoms. The second-order valence-electron chi connectivity index (χ2n) is 6.29. The van der Waals surface area contributed by atoms with E-state index in [1.807, 2.05) is 6.92 Å². The molecule has 0 fully saturated rings. The van der Waals surface area contributed by atoms with Crippen molar-refractivity contribution in [3.05, 3.63) is 0 Å². The molecule has 0 aliphatic heterocycles. The predicted molar refractivity (Wildman–Crippen MR) is 70.9 cm³/mol. The molecule has 2 unspecified atom stereocenters. The molecule has 0 saturated heterocycles. The molecule has 2 atom stereocenters. The predicted octanol–water partition coefficient (Wildman–Crippen LogP) is 2.13. The van der Waals surface area contributed by atoms with Crippen LogP contribution in [0.3, 0.4) is 0 Å². The Labute approximate surface area is 105 Å². The van der Waals surface area contributed by atoms with Gasteiger partial charge in [-0.1, -0.05) is 34.6 Å². The van der Waals surface area contributed by atoms with Gasteiger partial charge in [-0.2, -0.15) is 0 Å². The highest BCUT2D eigenvalue weighted by molar-refractivity contribution is 5.74. The average Bonchev–Trinajstić information content (AvgIpc) is 2.14. The van der Waals surface area contributed by atoms with Crippen LogP contribution >= 0.6 is 0 Å². The molecule has 0 aromatic heterocycles. The molecule has 0 aromatic carbocycles. The van der Waals surface area contributed by atoms with Crippen molar-refractivity contribution >= 4 is 6.03 Å². The standard InChI is InChI=1S/C13H28N2O2/c1-9(2)10(3)14-12(17)15-11(8-16)7-13(4,5)6/h9-11,16H,7-8H2,1-6H3,(H2,14,15,17). The zero-order chi connectivity index (χ0) is 13.6. The van der Waals surface area contributed by atoms with Crippen LogP contribution < -0.4 is 10.6 Å². The van der Waals surface area contributed by atoms with Crippen LogP contribution in [0, 0.1) is 11.3 Å². The number of hydrogen-bond acceptors (Lipinski definition) is 2. The molecule has 17 heavy (non-hydrogen) atoms. The second kappa shape index (κ2) is 6.84. The van der Waals surface area contributed by atoms with E-state index in [-0.39, 0.29) is 30.1 Å². The van der Waals surface area contributed by atoms with E-state index in [2.05, 4.69) is 45.3 Å². The van der Waals surface area contributed by atoms with Gasteiger partial charge >= 0.3 is 6.03 Å². The monoisotopic (exact) mass is 244 g/mol. The summed E-state index contributed by atoms with van der Waals surface area (Å²) in [6.07, 6.45) is 0.757. The van der Waals surface area contributed by atoms with Crippen molar-refractivity contribution in [1.29, 1.82) is 0 Å². The summed E-state index contributed by atoms with van der Waals surface area (Å²) in [5.74, 6) is 0.399. The summed E-state index contributed by atoms with van der Waals surface area (Å²) in [6.45, 7) is 12.3. The number of carbonyl (C=O) groups excluding carboxylic acids is 1. The van der Waals surface area contributed by atoms with Gasteiger partial charge in [-0.3, -0.25) is 0 Å². The number of aliphatic hydroxyl groups excluding tert-OH is 1. The van der Waals surface area contributed by atoms with Crippen molar-refractivity contribution in [2.24, 2.45) is 11.3 Å². The van der Waals surface area contributed by atoms with Gasteiger partial charge in [-0.15, -0.1) is 0 Å². The molecule has 0 heterocycles. The second-order valence-corrected chi connectivity index (χ2v) is 6.29. The van der Waals surface area contributed by atoms with Crippen LogP contribution in [0.4, 0.5) is 4.79 Å². The summed E-state index contributed by atoms with van der Waals surface area (Å²) >= 11 is 0. The number of urea groups is 1. The van der Waals surface area contributed by atoms with Crippen molar-refractivity contribution in [1.82, 2.24) is 10.6 Å². The third-order valence-electron chi connectivity index (χ3n) is 2.77. The molecule has 2 amide bonds. The van der Waals surface area contributed by atoms with Crippen molar-refractivity contribution < 1.29 is 9.90 Å². The third kappa shape index (κ3) is 8.02. The molecule has 0 aromatic rings. The van der Waals surface area contributed by atoms with Crippen LogP contribution in [0.5, 0.6) is 0 Å². The lowest BCUT2D eigenvalue weighted by Crippen LogP contribution is -2.48. The fourth-order valence-corrected chi connectivity index (χ4v) is 1.50. The minimum Gasteiger partial charge on any atom is -0.394 e. The molecular formula is C13H28N2O2. The molecule has 0 aliphatic carbocycles. The summed E-state index contributed by atoms with van der Waals surface area (Å²) in [4.78, 5) is 11.7. The Balaban J connectivity index is 4.16. The van der Waals surface area contributed by atoms with Gasteiger partial charge in [0.15, 0.2) is 0 Å². The van der Waals surface area contributed by atoms with Crippen LogP contribution in [0.1, 0.15) is 48.0 Å². The Bertz CT molecular complexity index is 234. The van der Waals surface area contributed by atoms with Crippen LogP contribution in [-0.4, -0.2) is 29.8 Å². The lowest BCUT2D eigenvalue weighted by atomic mass is 9.88. The topological polar surface area (TPSA) is 61.4 Å². The minimum atomic E-state index is -0.200. The summed E-state index contributed by atoms with van der Waals surface area (Å²) in [7, 11) is 0. The fourth-order valence-electron chi connectivity index (χ4n) is 1.50. The quantitative estimate of drug-likeness (QED) is 0.694. The lowest BCUT2D eigenvalue weighted by Gasteiger charge is -2.26. The van der Waals surface area contributed by atoms with Gasteiger partial charge in [-0.05, 0) is 24.7 Å². The Morgan fingerprint density at radius 2 is 1.71 bits per heavy atom. The molecule has 0 bridgehead atoms. The number of carbonyl (C=O) groups is 1. The Kier molecular flexibility index (Phi) is 6.53. The highest BCUT2D eigenvalue weighted by Crippen LogP contribution is 2.20. The Hall–Kier alpha value is -0.770. The van der Waals surface area contributed by atoms with Gasteiger partial charge in [0, 0.05) is 6.04 Å². The van der Waals surface area contributed by atoms with Gasteiger partial charge < -0.3 is 15.7 Å². The van der Waals surface area contributed by atoms with E-state index in [0.717, 1.165) is 6.42 Å². The fraction of sp³-hybridized carbons (Fsp3) is 0.923. The number of amides is 2. The Morgan fingerprint density at radius 1 is 1.18 bits per heavy atom. The van der Waals surface area contributed by atoms with E-state index in [9.17, 15) is 9.90 Å². The van der Waals surface area contributed by atoms with E-state index in [1.54, 1.807) is 0 Å². The van der Waals surface area contributed by atoms with Gasteiger partial charge in [0.25, 0.3) is 0 Å². The summed E-state index contributed by atoms with van der Waals surface area (Å²) < 4.78 is 0. The van der Waals surface area contributed by atoms with E-state index in [0.29, 0.717) is 5.92 Å². The first-order chi connectivity index (χ1) is 7.65. The zero-order valence-electron chi connectivity index (χ0n) is 12.0. The first kappa shape index (κ1) is 16.2. The molecule has 0 radical (unpaired) electrons. The maximum atomic E-state index is 11.7. The van der Waals surface area contributed by atoms with Crippen molar-refractivity contribution in [2.75, 3.05) is 6.61 Å². The van der Waals surface area contributed by atoms with Crippen molar-refractivity contribution in [3.8, 4) is 0 Å². The largest absolute Gasteiger partial charge is 0.394 e. The normalized spacial score (nSPS) is 15.5. The molecule has 102 valence electrons. The van der Waals surface area contributed by atoms with Gasteiger partial charge in [-0.25, -0.2) is 4.79 Å². The van der Waals surface area contributed by atoms with E-state index in [1.165, 1.54) is 0 Å². The van der Waals surface area contributed by atoms with E-state index in [4.69, 9.17) is 0 Å². The number of aliphatic hydroxyl groups is 1. The number of nitrogens with one attached hydrogen (secondary N) is 2. The smallest absolute Gasteiger partial charge is 0.315 e. The molecular weight excluding hydrogens is 216 g/mol. The molecule has 0 aliphatic rings. The van der Waals surface area contributed by atoms with Crippen molar-refractivity contribution in [2.45, 2.75) is 60.0 Å². The Morgan fingerprint density at radius 3 is 2.06 bits per heavy atom. The molecule has 4 nitrogen and oxygen atoms in total. The van der Waals surface area contributed by atoms with Crippen LogP contribution in [0.2, 0.25) is 0 Å². The van der Waals surface area contributed by atoms with Gasteiger partial charge in [0.05, 0.1) is 12.6 Å². The van der Waals surface area contributed by atoms with Crippen LogP contribution in [-0.2, 0) is 0 Å². The first-order valence-electron chi connectivity index (χ1n) is 6.33. The van der Waals surface area contributed by atoms with Gasteiger partial charge in [0.1, 0.15) is 0 Å². The maximum Gasteiger partial charge on any atom is 0.315 e. The molecule has 4 heteroatoms. The van der Waals surface area contributed by atoms with Crippen LogP contribution in [0.15, 0.2) is 0 Å². The number of rotatable bonds is 5. The molecule has 0 saturated carbocycles. The zero-order valence-corrected chi connectivity index (χ0v) is 12.0. The SMILES string of the molecule is CC(C)C(C)NC(=O)NC(CO)CC(C)(C)C. The van der Waals surface area contributed by atoms with E-state index < -0.39 is 0 Å². The highest BCUT2D eigenvalue weighted by atomic mass is 16.3. The first-order valence-corrected chi connectivity index (χ1v) is 6.33. The average molecular weight is 244 g/mol. The van der Waals surface area contributed by atoms with Crippen LogP contribution in [0.25, 0.3) is 0 Å². The van der Waals surface area contributed by atoms with Crippen molar-refractivity contribution in [3.63, 3.8) is 0 Å². The van der Waals surface area contributed by atoms with Gasteiger partial charge in [0.2, 0.25) is 0 Å².